The van der Waals surface area contributed by atoms with Gasteiger partial charge in [0.15, 0.2) is 0 Å². The second-order valence-corrected chi connectivity index (χ2v) is 3.89. The van der Waals surface area contributed by atoms with Gasteiger partial charge in [-0.3, -0.25) is 9.59 Å². The van der Waals surface area contributed by atoms with E-state index in [-0.39, 0.29) is 18.4 Å². The summed E-state index contributed by atoms with van der Waals surface area (Å²) in [6, 6.07) is 5.59. The molecule has 1 aliphatic heterocycles. The minimum atomic E-state index is -0.378. The lowest BCUT2D eigenvalue weighted by atomic mass is 10.1. The lowest BCUT2D eigenvalue weighted by Crippen LogP contribution is -2.30. The molecule has 1 heterocycles. The van der Waals surface area contributed by atoms with E-state index < -0.39 is 0 Å². The molecule has 0 unspecified atom stereocenters. The fourth-order valence-electron chi connectivity index (χ4n) is 1.78. The van der Waals surface area contributed by atoms with Crippen molar-refractivity contribution in [1.82, 2.24) is 0 Å². The van der Waals surface area contributed by atoms with E-state index in [1.54, 1.807) is 11.9 Å². The van der Waals surface area contributed by atoms with Crippen molar-refractivity contribution in [3.63, 3.8) is 0 Å². The summed E-state index contributed by atoms with van der Waals surface area (Å²) in [6.07, 6.45) is 0.396. The molecule has 5 nitrogen and oxygen atoms in total. The molecule has 0 aliphatic carbocycles. The molecule has 3 N–H and O–H groups in total. The highest BCUT2D eigenvalue weighted by Gasteiger charge is 2.18. The van der Waals surface area contributed by atoms with Crippen LogP contribution in [-0.2, 0) is 16.0 Å². The third kappa shape index (κ3) is 1.98. The molecule has 0 aromatic heterocycles. The molecule has 0 radical (unpaired) electrons. The van der Waals surface area contributed by atoms with E-state index in [1.165, 1.54) is 0 Å². The molecular weight excluding hydrogens is 206 g/mol. The Balaban J connectivity index is 2.22. The Bertz CT molecular complexity index is 457. The molecule has 1 aliphatic rings. The zero-order valence-corrected chi connectivity index (χ0v) is 8.99. The highest BCUT2D eigenvalue weighted by molar-refractivity contribution is 5.99. The van der Waals surface area contributed by atoms with E-state index >= 15 is 0 Å². The van der Waals surface area contributed by atoms with Gasteiger partial charge in [0, 0.05) is 18.4 Å². The van der Waals surface area contributed by atoms with Crippen LogP contribution in [0.2, 0.25) is 0 Å². The molecular formula is C11H13N3O2. The van der Waals surface area contributed by atoms with Gasteiger partial charge in [0.25, 0.3) is 0 Å². The number of likely N-dealkylation sites (N-methyl/N-ethyl adjacent to an activating group) is 1. The summed E-state index contributed by atoms with van der Waals surface area (Å²) in [5.41, 5.74) is 7.81. The van der Waals surface area contributed by atoms with Gasteiger partial charge in [0.1, 0.15) is 0 Å². The number of nitrogens with two attached hydrogens (primary N) is 1. The number of rotatable bonds is 3. The van der Waals surface area contributed by atoms with Crippen molar-refractivity contribution >= 4 is 23.2 Å². The first-order valence-electron chi connectivity index (χ1n) is 4.98. The van der Waals surface area contributed by atoms with Gasteiger partial charge in [-0.15, -0.1) is 0 Å². The van der Waals surface area contributed by atoms with Gasteiger partial charge in [-0.25, -0.2) is 0 Å². The molecule has 0 fully saturated rings. The maximum absolute atomic E-state index is 11.2. The lowest BCUT2D eigenvalue weighted by molar-refractivity contribution is -0.117. The van der Waals surface area contributed by atoms with Crippen LogP contribution in [0.1, 0.15) is 5.56 Å². The van der Waals surface area contributed by atoms with Gasteiger partial charge in [-0.05, 0) is 23.8 Å². The Morgan fingerprint density at radius 3 is 3.00 bits per heavy atom. The van der Waals surface area contributed by atoms with Crippen molar-refractivity contribution in [2.24, 2.45) is 5.73 Å². The molecule has 2 amide bonds. The van der Waals surface area contributed by atoms with Crippen LogP contribution in [0.25, 0.3) is 0 Å². The Hall–Kier alpha value is -2.04. The fourth-order valence-corrected chi connectivity index (χ4v) is 1.78. The van der Waals surface area contributed by atoms with Crippen LogP contribution in [0.15, 0.2) is 18.2 Å². The van der Waals surface area contributed by atoms with Crippen molar-refractivity contribution in [2.45, 2.75) is 6.42 Å². The quantitative estimate of drug-likeness (QED) is 0.757. The van der Waals surface area contributed by atoms with Gasteiger partial charge >= 0.3 is 0 Å². The van der Waals surface area contributed by atoms with Crippen LogP contribution < -0.4 is 16.0 Å². The maximum Gasteiger partial charge on any atom is 0.236 e. The highest BCUT2D eigenvalue weighted by Crippen LogP contribution is 2.27. The number of primary amides is 1. The second-order valence-electron chi connectivity index (χ2n) is 3.89. The first kappa shape index (κ1) is 10.5. The number of amides is 2. The number of nitrogens with one attached hydrogen (secondary N) is 1. The Kier molecular flexibility index (Phi) is 2.52. The van der Waals surface area contributed by atoms with Gasteiger partial charge < -0.3 is 16.0 Å². The van der Waals surface area contributed by atoms with Crippen LogP contribution in [0, 0.1) is 0 Å². The summed E-state index contributed by atoms with van der Waals surface area (Å²) >= 11 is 0. The van der Waals surface area contributed by atoms with E-state index in [1.807, 2.05) is 18.2 Å². The van der Waals surface area contributed by atoms with Gasteiger partial charge in [0.2, 0.25) is 11.8 Å². The molecule has 84 valence electrons. The predicted octanol–water partition coefficient (Wildman–Crippen LogP) is 0.103. The second kappa shape index (κ2) is 3.84. The molecule has 5 heteroatoms. The molecule has 0 saturated carbocycles. The Labute approximate surface area is 93.2 Å². The van der Waals surface area contributed by atoms with Crippen LogP contribution in [0.3, 0.4) is 0 Å². The summed E-state index contributed by atoms with van der Waals surface area (Å²) in [7, 11) is 1.79. The normalized spacial score (nSPS) is 13.2. The van der Waals surface area contributed by atoms with Crippen molar-refractivity contribution in [2.75, 3.05) is 23.8 Å². The van der Waals surface area contributed by atoms with E-state index in [0.29, 0.717) is 6.42 Å². The van der Waals surface area contributed by atoms with E-state index in [0.717, 1.165) is 16.9 Å². The topological polar surface area (TPSA) is 75.4 Å². The number of carbonyl (C=O) groups excluding carboxylic acids is 2. The summed E-state index contributed by atoms with van der Waals surface area (Å²) < 4.78 is 0. The molecule has 0 bridgehead atoms. The summed E-state index contributed by atoms with van der Waals surface area (Å²) in [4.78, 5) is 23.7. The maximum atomic E-state index is 11.2. The van der Waals surface area contributed by atoms with Gasteiger partial charge in [-0.2, -0.15) is 0 Å². The van der Waals surface area contributed by atoms with E-state index in [9.17, 15) is 9.59 Å². The molecule has 1 aromatic rings. The Morgan fingerprint density at radius 1 is 1.56 bits per heavy atom. The minimum Gasteiger partial charge on any atom is -0.368 e. The number of hydrogen-bond donors (Lipinski definition) is 2. The van der Waals surface area contributed by atoms with Crippen molar-refractivity contribution in [1.29, 1.82) is 0 Å². The molecule has 0 atom stereocenters. The van der Waals surface area contributed by atoms with Crippen molar-refractivity contribution in [3.05, 3.63) is 23.8 Å². The highest BCUT2D eigenvalue weighted by atomic mass is 16.2. The standard InChI is InChI=1S/C11H13N3O2/c1-14(6-10(12)15)8-2-3-9-7(4-8)5-11(16)13-9/h2-4H,5-6H2,1H3,(H2,12,15)(H,13,16). The summed E-state index contributed by atoms with van der Waals surface area (Å²) in [5.74, 6) is -0.373. The zero-order valence-electron chi connectivity index (χ0n) is 8.99. The van der Waals surface area contributed by atoms with Crippen LogP contribution in [0.5, 0.6) is 0 Å². The predicted molar refractivity (Wildman–Crippen MR) is 61.2 cm³/mol. The largest absolute Gasteiger partial charge is 0.368 e. The van der Waals surface area contributed by atoms with Gasteiger partial charge in [-0.1, -0.05) is 0 Å². The van der Waals surface area contributed by atoms with Crippen LogP contribution in [0.4, 0.5) is 11.4 Å². The molecule has 2 rings (SSSR count). The third-order valence-electron chi connectivity index (χ3n) is 2.55. The average Bonchev–Trinajstić information content (AvgIpc) is 2.55. The van der Waals surface area contributed by atoms with E-state index in [2.05, 4.69) is 5.32 Å². The van der Waals surface area contributed by atoms with Crippen molar-refractivity contribution in [3.8, 4) is 0 Å². The monoisotopic (exact) mass is 219 g/mol. The first-order valence-corrected chi connectivity index (χ1v) is 4.98. The van der Waals surface area contributed by atoms with E-state index in [4.69, 9.17) is 5.73 Å². The Morgan fingerprint density at radius 2 is 2.31 bits per heavy atom. The number of anilines is 2. The number of hydrogen-bond acceptors (Lipinski definition) is 3. The minimum absolute atomic E-state index is 0.00436. The van der Waals surface area contributed by atoms with Gasteiger partial charge in [0.05, 0.1) is 13.0 Å². The lowest BCUT2D eigenvalue weighted by Gasteiger charge is -2.17. The number of nitrogens with zero attached hydrogens (tertiary/aromatic N) is 1. The first-order chi connectivity index (χ1) is 7.56. The van der Waals surface area contributed by atoms with Crippen molar-refractivity contribution < 1.29 is 9.59 Å². The summed E-state index contributed by atoms with van der Waals surface area (Å²) in [6.45, 7) is 0.167. The van der Waals surface area contributed by atoms with Crippen LogP contribution in [-0.4, -0.2) is 25.4 Å². The number of fused-ring (bicyclic) bond motifs is 1. The molecule has 1 aromatic carbocycles. The molecule has 0 saturated heterocycles. The zero-order chi connectivity index (χ0) is 11.7. The summed E-state index contributed by atoms with van der Waals surface area (Å²) in [5, 5.41) is 2.76. The third-order valence-corrected chi connectivity index (χ3v) is 2.55. The number of benzene rings is 1. The fraction of sp³-hybridized carbons (Fsp3) is 0.273. The molecule has 16 heavy (non-hydrogen) atoms. The SMILES string of the molecule is CN(CC(N)=O)c1ccc2c(c1)CC(=O)N2. The molecule has 0 spiro atoms. The number of carbonyl (C=O) groups is 2. The van der Waals surface area contributed by atoms with Crippen LogP contribution >= 0.6 is 0 Å². The smallest absolute Gasteiger partial charge is 0.236 e. The average molecular weight is 219 g/mol.